The Bertz CT molecular complexity index is 2410. The van der Waals surface area contributed by atoms with Crippen LogP contribution >= 0.6 is 0 Å². The number of carboxylic acid groups (broad SMARTS) is 1. The zero-order chi connectivity index (χ0) is 46.4. The molecule has 0 saturated carbocycles. The van der Waals surface area contributed by atoms with Gasteiger partial charge in [-0.2, -0.15) is 26.3 Å². The number of nitrogens with zero attached hydrogens (tertiary/aromatic N) is 2. The van der Waals surface area contributed by atoms with Crippen molar-refractivity contribution < 1.29 is 41.0 Å². The van der Waals surface area contributed by atoms with E-state index in [0.717, 1.165) is 89.2 Å². The molecule has 0 spiro atoms. The van der Waals surface area contributed by atoms with Crippen LogP contribution in [0.15, 0.2) is 158 Å². The number of hydrogen-bond donors (Lipinski definition) is 3. The van der Waals surface area contributed by atoms with Gasteiger partial charge < -0.3 is 16.2 Å². The Morgan fingerprint density at radius 1 is 0.523 bits per heavy atom. The van der Waals surface area contributed by atoms with Gasteiger partial charge in [0, 0.05) is 43.8 Å². The molecule has 2 fully saturated rings. The highest BCUT2D eigenvalue weighted by atomic mass is 19.4. The van der Waals surface area contributed by atoms with Crippen LogP contribution in [0.3, 0.4) is 0 Å². The SMILES string of the molecule is NC1CCN(Cc2ccccc2)CC1.O=C(NC1CCN(Cc2ccccc2)CC1)c1ccccc1-c1ccc(C(F)(F)F)cc1.O=C(O)c1ccccc1-c1ccc(C(F)(F)F)cc1. The van der Waals surface area contributed by atoms with Crippen LogP contribution in [0.5, 0.6) is 0 Å². The van der Waals surface area contributed by atoms with Crippen molar-refractivity contribution in [3.05, 3.63) is 191 Å². The summed E-state index contributed by atoms with van der Waals surface area (Å²) in [5.74, 6) is -1.31. The van der Waals surface area contributed by atoms with Gasteiger partial charge in [-0.15, -0.1) is 0 Å². The summed E-state index contributed by atoms with van der Waals surface area (Å²) in [6.45, 7) is 6.08. The van der Waals surface area contributed by atoms with Crippen LogP contribution in [-0.2, 0) is 25.4 Å². The average Bonchev–Trinajstić information content (AvgIpc) is 3.31. The number of alkyl halides is 6. The molecular formula is C52H52F6N4O3. The van der Waals surface area contributed by atoms with Crippen LogP contribution in [0.25, 0.3) is 22.3 Å². The van der Waals surface area contributed by atoms with E-state index in [9.17, 15) is 35.9 Å². The maximum Gasteiger partial charge on any atom is 0.416 e. The third-order valence-electron chi connectivity index (χ3n) is 11.4. The van der Waals surface area contributed by atoms with E-state index in [0.29, 0.717) is 33.9 Å². The third-order valence-corrected chi connectivity index (χ3v) is 11.4. The van der Waals surface area contributed by atoms with Gasteiger partial charge in [0.1, 0.15) is 0 Å². The van der Waals surface area contributed by atoms with E-state index in [1.54, 1.807) is 42.5 Å². The van der Waals surface area contributed by atoms with Gasteiger partial charge in [0.2, 0.25) is 0 Å². The smallest absolute Gasteiger partial charge is 0.416 e. The van der Waals surface area contributed by atoms with E-state index in [-0.39, 0.29) is 17.5 Å². The highest BCUT2D eigenvalue weighted by Gasteiger charge is 2.31. The summed E-state index contributed by atoms with van der Waals surface area (Å²) >= 11 is 0. The quantitative estimate of drug-likeness (QED) is 0.125. The minimum Gasteiger partial charge on any atom is -0.478 e. The summed E-state index contributed by atoms with van der Waals surface area (Å²) in [7, 11) is 0. The third kappa shape index (κ3) is 14.4. The Hall–Kier alpha value is -6.28. The number of likely N-dealkylation sites (tertiary alicyclic amines) is 2. The molecule has 2 heterocycles. The second-order valence-corrected chi connectivity index (χ2v) is 16.2. The van der Waals surface area contributed by atoms with Gasteiger partial charge >= 0.3 is 18.3 Å². The fraction of sp³-hybridized carbons (Fsp3) is 0.269. The molecule has 0 unspecified atom stereocenters. The fourth-order valence-corrected chi connectivity index (χ4v) is 7.82. The Morgan fingerprint density at radius 2 is 0.892 bits per heavy atom. The highest BCUT2D eigenvalue weighted by molar-refractivity contribution is 6.01. The Labute approximate surface area is 375 Å². The number of amides is 1. The van der Waals surface area contributed by atoms with Crippen LogP contribution in [-0.4, -0.2) is 65.0 Å². The molecule has 6 aromatic carbocycles. The predicted octanol–water partition coefficient (Wildman–Crippen LogP) is 11.4. The van der Waals surface area contributed by atoms with E-state index in [1.165, 1.54) is 41.5 Å². The molecule has 2 aliphatic heterocycles. The highest BCUT2D eigenvalue weighted by Crippen LogP contribution is 2.33. The second-order valence-electron chi connectivity index (χ2n) is 16.2. The molecule has 2 aliphatic rings. The molecule has 4 N–H and O–H groups in total. The first-order valence-electron chi connectivity index (χ1n) is 21.5. The van der Waals surface area contributed by atoms with Crippen molar-refractivity contribution in [2.24, 2.45) is 5.73 Å². The van der Waals surface area contributed by atoms with E-state index < -0.39 is 29.4 Å². The van der Waals surface area contributed by atoms with Crippen molar-refractivity contribution in [1.29, 1.82) is 0 Å². The largest absolute Gasteiger partial charge is 0.478 e. The number of rotatable bonds is 9. The lowest BCUT2D eigenvalue weighted by Crippen LogP contribution is -2.44. The Morgan fingerprint density at radius 3 is 1.31 bits per heavy atom. The molecule has 0 radical (unpaired) electrons. The van der Waals surface area contributed by atoms with Crippen LogP contribution in [0, 0.1) is 0 Å². The van der Waals surface area contributed by atoms with Gasteiger partial charge in [-0.05, 0) is 109 Å². The number of nitrogens with two attached hydrogens (primary N) is 1. The minimum atomic E-state index is -4.40. The summed E-state index contributed by atoms with van der Waals surface area (Å²) in [4.78, 5) is 28.9. The number of piperidine rings is 2. The number of carboxylic acids is 1. The molecule has 340 valence electrons. The van der Waals surface area contributed by atoms with Gasteiger partial charge in [-0.25, -0.2) is 4.79 Å². The number of nitrogens with one attached hydrogen (secondary N) is 1. The molecular weight excluding hydrogens is 843 g/mol. The van der Waals surface area contributed by atoms with Crippen molar-refractivity contribution in [3.8, 4) is 22.3 Å². The van der Waals surface area contributed by atoms with Crippen molar-refractivity contribution in [1.82, 2.24) is 15.1 Å². The minimum absolute atomic E-state index is 0.0576. The monoisotopic (exact) mass is 894 g/mol. The molecule has 2 saturated heterocycles. The Kier molecular flexibility index (Phi) is 16.7. The van der Waals surface area contributed by atoms with Crippen LogP contribution in [0.2, 0.25) is 0 Å². The zero-order valence-electron chi connectivity index (χ0n) is 35.7. The van der Waals surface area contributed by atoms with Gasteiger partial charge in [-0.3, -0.25) is 14.6 Å². The lowest BCUT2D eigenvalue weighted by atomic mass is 9.97. The number of aromatic carboxylic acids is 1. The van der Waals surface area contributed by atoms with Crippen molar-refractivity contribution in [2.45, 2.75) is 63.2 Å². The first-order chi connectivity index (χ1) is 31.1. The fourth-order valence-electron chi connectivity index (χ4n) is 7.82. The standard InChI is InChI=1S/C26H25F3N2O.C14H9F3O2.C12H18N2/c27-26(28,29)21-12-10-20(11-13-21)23-8-4-5-9-24(23)25(32)30-22-14-16-31(17-15-22)18-19-6-2-1-3-7-19;15-14(16,17)10-7-5-9(6-8-10)11-3-1-2-4-12(11)13(18)19;13-12-6-8-14(9-7-12)10-11-4-2-1-3-5-11/h1-13,22H,14-18H2,(H,30,32);1-8H,(H,18,19);1-5,12H,6-10,13H2. The number of carbonyl (C=O) groups excluding carboxylic acids is 1. The number of benzene rings is 6. The average molecular weight is 895 g/mol. The lowest BCUT2D eigenvalue weighted by molar-refractivity contribution is -0.138. The van der Waals surface area contributed by atoms with E-state index in [2.05, 4.69) is 57.6 Å². The molecule has 0 bridgehead atoms. The number of hydrogen-bond acceptors (Lipinski definition) is 5. The zero-order valence-corrected chi connectivity index (χ0v) is 35.7. The van der Waals surface area contributed by atoms with Crippen molar-refractivity contribution >= 4 is 11.9 Å². The number of halogens is 6. The second kappa shape index (κ2) is 22.6. The molecule has 65 heavy (non-hydrogen) atoms. The first kappa shape index (κ1) is 48.2. The van der Waals surface area contributed by atoms with E-state index >= 15 is 0 Å². The molecule has 7 nitrogen and oxygen atoms in total. The van der Waals surface area contributed by atoms with Crippen molar-refractivity contribution in [2.75, 3.05) is 26.2 Å². The maximum absolute atomic E-state index is 13.0. The van der Waals surface area contributed by atoms with Crippen molar-refractivity contribution in [3.63, 3.8) is 0 Å². The summed E-state index contributed by atoms with van der Waals surface area (Å²) in [5, 5.41) is 12.2. The molecule has 13 heteroatoms. The number of carbonyl (C=O) groups is 2. The first-order valence-corrected chi connectivity index (χ1v) is 21.5. The van der Waals surface area contributed by atoms with Crippen LogP contribution in [0.1, 0.15) is 68.7 Å². The molecule has 1 amide bonds. The Balaban J connectivity index is 0.000000179. The molecule has 0 atom stereocenters. The topological polar surface area (TPSA) is 98.9 Å². The van der Waals surface area contributed by atoms with Gasteiger partial charge in [-0.1, -0.05) is 121 Å². The lowest BCUT2D eigenvalue weighted by Gasteiger charge is -2.32. The van der Waals surface area contributed by atoms with Gasteiger partial charge in [0.05, 0.1) is 16.7 Å². The molecule has 8 rings (SSSR count). The molecule has 0 aromatic heterocycles. The summed E-state index contributed by atoms with van der Waals surface area (Å²) in [6, 6.07) is 44.0. The summed E-state index contributed by atoms with van der Waals surface area (Å²) in [5.41, 5.74) is 9.65. The molecule has 0 aliphatic carbocycles. The van der Waals surface area contributed by atoms with Crippen LogP contribution < -0.4 is 11.1 Å². The normalized spacial score (nSPS) is 15.2. The van der Waals surface area contributed by atoms with Gasteiger partial charge in [0.25, 0.3) is 5.91 Å². The summed E-state index contributed by atoms with van der Waals surface area (Å²) in [6.07, 6.45) is -4.77. The molecule has 6 aromatic rings. The van der Waals surface area contributed by atoms with Crippen LogP contribution in [0.4, 0.5) is 26.3 Å². The van der Waals surface area contributed by atoms with Gasteiger partial charge in [0.15, 0.2) is 0 Å². The predicted molar refractivity (Wildman–Crippen MR) is 242 cm³/mol. The van der Waals surface area contributed by atoms with E-state index in [4.69, 9.17) is 10.8 Å². The summed E-state index contributed by atoms with van der Waals surface area (Å²) < 4.78 is 75.9. The maximum atomic E-state index is 13.0. The van der Waals surface area contributed by atoms with E-state index in [1.807, 2.05) is 18.2 Å².